The third kappa shape index (κ3) is 4.50. The van der Waals surface area contributed by atoms with Crippen molar-refractivity contribution in [1.29, 1.82) is 0 Å². The Morgan fingerprint density at radius 2 is 1.81 bits per heavy atom. The molecule has 0 fully saturated rings. The van der Waals surface area contributed by atoms with Crippen molar-refractivity contribution in [2.75, 3.05) is 27.1 Å². The number of carbonyl (C=O) groups excluding carboxylic acids is 1. The maximum atomic E-state index is 12.5. The van der Waals surface area contributed by atoms with Gasteiger partial charge in [0, 0.05) is 17.1 Å². The summed E-state index contributed by atoms with van der Waals surface area (Å²) >= 11 is 1.85. The number of hydrogen-bond donors (Lipinski definition) is 1. The van der Waals surface area contributed by atoms with Gasteiger partial charge in [-0.3, -0.25) is 4.79 Å². The van der Waals surface area contributed by atoms with Gasteiger partial charge in [0.05, 0.1) is 27.4 Å². The molecule has 1 N–H and O–H groups in total. The quantitative estimate of drug-likeness (QED) is 0.778. The molecule has 0 saturated carbocycles. The van der Waals surface area contributed by atoms with Crippen LogP contribution in [0.15, 0.2) is 41.3 Å². The first-order chi connectivity index (χ1) is 13.2. The van der Waals surface area contributed by atoms with Crippen molar-refractivity contribution in [2.45, 2.75) is 30.2 Å². The highest BCUT2D eigenvalue weighted by Crippen LogP contribution is 2.39. The molecule has 27 heavy (non-hydrogen) atoms. The van der Waals surface area contributed by atoms with E-state index in [4.69, 9.17) is 14.2 Å². The Bertz CT molecular complexity index is 784. The zero-order valence-corrected chi connectivity index (χ0v) is 16.7. The van der Waals surface area contributed by atoms with Crippen molar-refractivity contribution in [2.24, 2.45) is 0 Å². The Balaban J connectivity index is 1.65. The largest absolute Gasteiger partial charge is 0.493 e. The third-order valence-electron chi connectivity index (χ3n) is 4.66. The molecule has 0 saturated heterocycles. The predicted molar refractivity (Wildman–Crippen MR) is 107 cm³/mol. The molecule has 3 rings (SSSR count). The minimum Gasteiger partial charge on any atom is -0.493 e. The topological polar surface area (TPSA) is 56.8 Å². The lowest BCUT2D eigenvalue weighted by Gasteiger charge is -2.26. The molecule has 0 aliphatic carbocycles. The van der Waals surface area contributed by atoms with E-state index in [2.05, 4.69) is 17.4 Å². The van der Waals surface area contributed by atoms with Crippen LogP contribution >= 0.6 is 11.8 Å². The second-order valence-electron chi connectivity index (χ2n) is 6.33. The summed E-state index contributed by atoms with van der Waals surface area (Å²) in [6.45, 7) is 0. The van der Waals surface area contributed by atoms with Crippen LogP contribution in [-0.4, -0.2) is 33.0 Å². The fourth-order valence-corrected chi connectivity index (χ4v) is 4.42. The maximum absolute atomic E-state index is 12.5. The van der Waals surface area contributed by atoms with Crippen molar-refractivity contribution in [3.8, 4) is 17.2 Å². The van der Waals surface area contributed by atoms with Crippen molar-refractivity contribution in [3.05, 3.63) is 47.5 Å². The number of benzene rings is 2. The smallest absolute Gasteiger partial charge is 0.220 e. The number of carbonyl (C=O) groups is 1. The predicted octanol–water partition coefficient (Wildman–Crippen LogP) is 4.00. The molecule has 5 nitrogen and oxygen atoms in total. The minimum absolute atomic E-state index is 0.0513. The van der Waals surface area contributed by atoms with E-state index in [-0.39, 0.29) is 11.9 Å². The SMILES string of the molecule is COc1cc(CCC(=O)NC2CCSc3ccccc32)cc(OC)c1OC. The van der Waals surface area contributed by atoms with Crippen molar-refractivity contribution >= 4 is 17.7 Å². The van der Waals surface area contributed by atoms with Crippen LogP contribution in [0.3, 0.4) is 0 Å². The molecule has 1 aliphatic rings. The minimum atomic E-state index is 0.0513. The Kier molecular flexibility index (Phi) is 6.50. The maximum Gasteiger partial charge on any atom is 0.220 e. The van der Waals surface area contributed by atoms with Crippen LogP contribution in [0.25, 0.3) is 0 Å². The van der Waals surface area contributed by atoms with Crippen LogP contribution in [0.4, 0.5) is 0 Å². The summed E-state index contributed by atoms with van der Waals surface area (Å²) in [5.41, 5.74) is 2.19. The van der Waals surface area contributed by atoms with Crippen LogP contribution in [0.2, 0.25) is 0 Å². The second-order valence-corrected chi connectivity index (χ2v) is 7.47. The zero-order valence-electron chi connectivity index (χ0n) is 15.9. The van der Waals surface area contributed by atoms with E-state index in [1.807, 2.05) is 36.0 Å². The summed E-state index contributed by atoms with van der Waals surface area (Å²) in [6.07, 6.45) is 1.97. The number of ether oxygens (including phenoxy) is 3. The van der Waals surface area contributed by atoms with Gasteiger partial charge in [0.15, 0.2) is 11.5 Å². The Morgan fingerprint density at radius 3 is 2.48 bits per heavy atom. The number of aryl methyl sites for hydroxylation is 1. The first kappa shape index (κ1) is 19.4. The van der Waals surface area contributed by atoms with Gasteiger partial charge in [0.25, 0.3) is 0 Å². The average molecular weight is 388 g/mol. The second kappa shape index (κ2) is 9.04. The van der Waals surface area contributed by atoms with Gasteiger partial charge >= 0.3 is 0 Å². The summed E-state index contributed by atoms with van der Waals surface area (Å²) in [6, 6.07) is 12.2. The summed E-state index contributed by atoms with van der Waals surface area (Å²) in [7, 11) is 4.76. The van der Waals surface area contributed by atoms with E-state index in [1.54, 1.807) is 21.3 Å². The van der Waals surface area contributed by atoms with E-state index in [0.29, 0.717) is 30.1 Å². The Morgan fingerprint density at radius 1 is 1.11 bits per heavy atom. The summed E-state index contributed by atoms with van der Waals surface area (Å²) in [4.78, 5) is 13.8. The number of rotatable bonds is 7. The van der Waals surface area contributed by atoms with Gasteiger partial charge in [-0.2, -0.15) is 0 Å². The van der Waals surface area contributed by atoms with Crippen LogP contribution in [0, 0.1) is 0 Å². The van der Waals surface area contributed by atoms with E-state index in [9.17, 15) is 4.79 Å². The van der Waals surface area contributed by atoms with Gasteiger partial charge in [0.2, 0.25) is 11.7 Å². The Labute approximate surface area is 164 Å². The summed E-state index contributed by atoms with van der Waals surface area (Å²) < 4.78 is 16.1. The number of hydrogen-bond acceptors (Lipinski definition) is 5. The molecule has 0 bridgehead atoms. The monoisotopic (exact) mass is 387 g/mol. The van der Waals surface area contributed by atoms with Crippen molar-refractivity contribution in [1.82, 2.24) is 5.32 Å². The van der Waals surface area contributed by atoms with Crippen LogP contribution < -0.4 is 19.5 Å². The average Bonchev–Trinajstić information content (AvgIpc) is 2.71. The molecule has 2 aromatic carbocycles. The van der Waals surface area contributed by atoms with Gasteiger partial charge < -0.3 is 19.5 Å². The molecular weight excluding hydrogens is 362 g/mol. The first-order valence-corrected chi connectivity index (χ1v) is 9.94. The van der Waals surface area contributed by atoms with E-state index in [1.165, 1.54) is 10.5 Å². The zero-order chi connectivity index (χ0) is 19.2. The molecule has 1 heterocycles. The molecule has 2 aromatic rings. The summed E-state index contributed by atoms with van der Waals surface area (Å²) in [5, 5.41) is 3.19. The first-order valence-electron chi connectivity index (χ1n) is 8.96. The molecule has 1 unspecified atom stereocenters. The van der Waals surface area contributed by atoms with E-state index in [0.717, 1.165) is 17.7 Å². The normalized spacial score (nSPS) is 15.6. The van der Waals surface area contributed by atoms with Crippen molar-refractivity contribution < 1.29 is 19.0 Å². The van der Waals surface area contributed by atoms with Crippen LogP contribution in [-0.2, 0) is 11.2 Å². The van der Waals surface area contributed by atoms with Crippen LogP contribution in [0.5, 0.6) is 17.2 Å². The van der Waals surface area contributed by atoms with Gasteiger partial charge in [-0.1, -0.05) is 18.2 Å². The van der Waals surface area contributed by atoms with E-state index < -0.39 is 0 Å². The van der Waals surface area contributed by atoms with Gasteiger partial charge in [-0.05, 0) is 42.2 Å². The molecule has 1 amide bonds. The summed E-state index contributed by atoms with van der Waals surface area (Å²) in [5.74, 6) is 2.84. The number of methoxy groups -OCH3 is 3. The molecule has 0 aromatic heterocycles. The number of nitrogens with one attached hydrogen (secondary N) is 1. The standard InChI is InChI=1S/C21H25NO4S/c1-24-17-12-14(13-18(25-2)21(17)26-3)8-9-20(23)22-16-10-11-27-19-7-5-4-6-15(16)19/h4-7,12-13,16H,8-11H2,1-3H3,(H,22,23). The lowest BCUT2D eigenvalue weighted by molar-refractivity contribution is -0.121. The molecule has 1 aliphatic heterocycles. The highest BCUT2D eigenvalue weighted by Gasteiger charge is 2.22. The van der Waals surface area contributed by atoms with E-state index >= 15 is 0 Å². The molecule has 0 radical (unpaired) electrons. The molecular formula is C21H25NO4S. The fourth-order valence-electron chi connectivity index (χ4n) is 3.30. The van der Waals surface area contributed by atoms with Crippen molar-refractivity contribution in [3.63, 3.8) is 0 Å². The fraction of sp³-hybridized carbons (Fsp3) is 0.381. The highest BCUT2D eigenvalue weighted by molar-refractivity contribution is 7.99. The van der Waals surface area contributed by atoms with Gasteiger partial charge in [-0.15, -0.1) is 11.8 Å². The molecule has 144 valence electrons. The molecule has 0 spiro atoms. The third-order valence-corrected chi connectivity index (χ3v) is 5.78. The van der Waals surface area contributed by atoms with Gasteiger partial charge in [-0.25, -0.2) is 0 Å². The lowest BCUT2D eigenvalue weighted by atomic mass is 10.0. The van der Waals surface area contributed by atoms with Gasteiger partial charge in [0.1, 0.15) is 0 Å². The highest BCUT2D eigenvalue weighted by atomic mass is 32.2. The number of amides is 1. The number of thioether (sulfide) groups is 1. The lowest BCUT2D eigenvalue weighted by Crippen LogP contribution is -2.30. The Hall–Kier alpha value is -2.34. The molecule has 6 heteroatoms. The molecule has 1 atom stereocenters. The number of fused-ring (bicyclic) bond motifs is 1. The van der Waals surface area contributed by atoms with Crippen LogP contribution in [0.1, 0.15) is 30.0 Å².